The number of nitrogens with two attached hydrogens (primary N) is 1. The highest BCUT2D eigenvalue weighted by Gasteiger charge is 2.36. The Morgan fingerprint density at radius 2 is 1.81 bits per heavy atom. The molecule has 2 nitrogen and oxygen atoms in total. The first kappa shape index (κ1) is 18.1. The zero-order valence-electron chi connectivity index (χ0n) is 12.0. The zero-order chi connectivity index (χ0) is 14.8. The van der Waals surface area contributed by atoms with Crippen LogP contribution in [0.1, 0.15) is 49.3 Å². The summed E-state index contributed by atoms with van der Waals surface area (Å²) < 4.78 is 44.4. The summed E-state index contributed by atoms with van der Waals surface area (Å²) >= 11 is 0. The summed E-state index contributed by atoms with van der Waals surface area (Å²) in [6, 6.07) is 3.49. The fourth-order valence-corrected chi connectivity index (χ4v) is 2.95. The van der Waals surface area contributed by atoms with E-state index in [9.17, 15) is 13.2 Å². The summed E-state index contributed by atoms with van der Waals surface area (Å²) in [6.07, 6.45) is 0.662. The molecule has 21 heavy (non-hydrogen) atoms. The van der Waals surface area contributed by atoms with E-state index in [-0.39, 0.29) is 29.6 Å². The molecular weight excluding hydrogens is 303 g/mol. The van der Waals surface area contributed by atoms with Gasteiger partial charge in [0.05, 0.1) is 12.7 Å². The molecule has 1 aromatic rings. The SMILES string of the molecule is COc1ccc([C@@H](N)C2CCCCC2)c(C(F)(F)F)c1.Cl. The Labute approximate surface area is 129 Å². The van der Waals surface area contributed by atoms with Gasteiger partial charge in [-0.25, -0.2) is 0 Å². The van der Waals surface area contributed by atoms with Crippen molar-refractivity contribution >= 4 is 12.4 Å². The van der Waals surface area contributed by atoms with E-state index in [1.54, 1.807) is 6.07 Å². The van der Waals surface area contributed by atoms with Crippen LogP contribution in [0.15, 0.2) is 18.2 Å². The lowest BCUT2D eigenvalue weighted by atomic mass is 9.80. The van der Waals surface area contributed by atoms with Gasteiger partial charge in [0.2, 0.25) is 0 Å². The molecule has 1 saturated carbocycles. The summed E-state index contributed by atoms with van der Waals surface area (Å²) in [5.41, 5.74) is 5.63. The van der Waals surface area contributed by atoms with Gasteiger partial charge in [0, 0.05) is 6.04 Å². The lowest BCUT2D eigenvalue weighted by Gasteiger charge is -2.29. The van der Waals surface area contributed by atoms with Crippen LogP contribution in [0.5, 0.6) is 5.75 Å². The Kier molecular flexibility index (Phi) is 6.35. The third-order valence-electron chi connectivity index (χ3n) is 4.08. The number of hydrogen-bond acceptors (Lipinski definition) is 2. The van der Waals surface area contributed by atoms with Gasteiger partial charge >= 0.3 is 6.18 Å². The molecule has 0 bridgehead atoms. The second-order valence-electron chi connectivity index (χ2n) is 5.37. The van der Waals surface area contributed by atoms with Gasteiger partial charge in [0.25, 0.3) is 0 Å². The van der Waals surface area contributed by atoms with Gasteiger partial charge in [-0.2, -0.15) is 13.2 Å². The van der Waals surface area contributed by atoms with Gasteiger partial charge in [-0.1, -0.05) is 25.3 Å². The van der Waals surface area contributed by atoms with Crippen molar-refractivity contribution in [2.75, 3.05) is 7.11 Å². The minimum atomic E-state index is -4.41. The van der Waals surface area contributed by atoms with E-state index in [2.05, 4.69) is 0 Å². The van der Waals surface area contributed by atoms with Crippen molar-refractivity contribution in [1.82, 2.24) is 0 Å². The third-order valence-corrected chi connectivity index (χ3v) is 4.08. The minimum absolute atomic E-state index is 0. The van der Waals surface area contributed by atoms with Crippen LogP contribution in [0.4, 0.5) is 13.2 Å². The average Bonchev–Trinajstić information content (AvgIpc) is 2.46. The van der Waals surface area contributed by atoms with Crippen LogP contribution in [-0.2, 0) is 6.18 Å². The predicted molar refractivity (Wildman–Crippen MR) is 78.7 cm³/mol. The Morgan fingerprint density at radius 1 is 1.19 bits per heavy atom. The lowest BCUT2D eigenvalue weighted by Crippen LogP contribution is -2.26. The quantitative estimate of drug-likeness (QED) is 0.873. The maximum absolute atomic E-state index is 13.2. The van der Waals surface area contributed by atoms with E-state index < -0.39 is 17.8 Å². The second-order valence-corrected chi connectivity index (χ2v) is 5.37. The molecule has 6 heteroatoms. The molecular formula is C15H21ClF3NO. The van der Waals surface area contributed by atoms with E-state index in [0.717, 1.165) is 38.2 Å². The number of rotatable bonds is 3. The number of halogens is 4. The largest absolute Gasteiger partial charge is 0.497 e. The monoisotopic (exact) mass is 323 g/mol. The van der Waals surface area contributed by atoms with Crippen LogP contribution in [0.2, 0.25) is 0 Å². The van der Waals surface area contributed by atoms with Gasteiger partial charge in [0.15, 0.2) is 0 Å². The fourth-order valence-electron chi connectivity index (χ4n) is 2.95. The van der Waals surface area contributed by atoms with Crippen LogP contribution in [0.25, 0.3) is 0 Å². The number of ether oxygens (including phenoxy) is 1. The minimum Gasteiger partial charge on any atom is -0.497 e. The standard InChI is InChI=1S/C15H20F3NO.ClH/c1-20-11-7-8-12(13(9-11)15(16,17)18)14(19)10-5-3-2-4-6-10;/h7-10,14H,2-6,19H2,1H3;1H/t14-;/m0./s1. The van der Waals surface area contributed by atoms with E-state index in [1.165, 1.54) is 13.2 Å². The van der Waals surface area contributed by atoms with Crippen LogP contribution in [0, 0.1) is 5.92 Å². The van der Waals surface area contributed by atoms with Crippen molar-refractivity contribution in [3.8, 4) is 5.75 Å². The molecule has 120 valence electrons. The van der Waals surface area contributed by atoms with Crippen LogP contribution in [-0.4, -0.2) is 7.11 Å². The van der Waals surface area contributed by atoms with E-state index in [4.69, 9.17) is 10.5 Å². The number of methoxy groups -OCH3 is 1. The highest BCUT2D eigenvalue weighted by molar-refractivity contribution is 5.85. The van der Waals surface area contributed by atoms with Crippen molar-refractivity contribution < 1.29 is 17.9 Å². The zero-order valence-corrected chi connectivity index (χ0v) is 12.8. The molecule has 0 saturated heterocycles. The summed E-state index contributed by atoms with van der Waals surface area (Å²) in [4.78, 5) is 0. The molecule has 0 aliphatic heterocycles. The molecule has 1 aliphatic rings. The normalized spacial score (nSPS) is 18.0. The topological polar surface area (TPSA) is 35.2 Å². The Hall–Kier alpha value is -0.940. The molecule has 0 amide bonds. The highest BCUT2D eigenvalue weighted by atomic mass is 35.5. The van der Waals surface area contributed by atoms with Gasteiger partial charge < -0.3 is 10.5 Å². The Balaban J connectivity index is 0.00000220. The van der Waals surface area contributed by atoms with Crippen LogP contribution >= 0.6 is 12.4 Å². The van der Waals surface area contributed by atoms with E-state index >= 15 is 0 Å². The summed E-state index contributed by atoms with van der Waals surface area (Å²) in [7, 11) is 1.36. The molecule has 0 unspecified atom stereocenters. The molecule has 0 aromatic heterocycles. The van der Waals surface area contributed by atoms with Gasteiger partial charge in [-0.15, -0.1) is 12.4 Å². The maximum atomic E-state index is 13.2. The second kappa shape index (κ2) is 7.36. The molecule has 0 radical (unpaired) electrons. The molecule has 1 aromatic carbocycles. The lowest BCUT2D eigenvalue weighted by molar-refractivity contribution is -0.138. The molecule has 0 heterocycles. The van der Waals surface area contributed by atoms with Gasteiger partial charge in [0.1, 0.15) is 5.75 Å². The van der Waals surface area contributed by atoms with E-state index in [1.807, 2.05) is 0 Å². The highest BCUT2D eigenvalue weighted by Crippen LogP contribution is 2.40. The number of benzene rings is 1. The summed E-state index contributed by atoms with van der Waals surface area (Å²) in [5.74, 6) is 0.343. The van der Waals surface area contributed by atoms with E-state index in [0.29, 0.717) is 0 Å². The summed E-state index contributed by atoms with van der Waals surface area (Å²) in [6.45, 7) is 0. The summed E-state index contributed by atoms with van der Waals surface area (Å²) in [5, 5.41) is 0. The molecule has 2 rings (SSSR count). The number of hydrogen-bond donors (Lipinski definition) is 1. The first-order chi connectivity index (χ1) is 9.43. The molecule has 2 N–H and O–H groups in total. The molecule has 1 aliphatic carbocycles. The number of alkyl halides is 3. The Bertz CT molecular complexity index is 459. The Morgan fingerprint density at radius 3 is 2.33 bits per heavy atom. The van der Waals surface area contributed by atoms with Gasteiger partial charge in [-0.05, 0) is 36.5 Å². The molecule has 1 atom stereocenters. The first-order valence-electron chi connectivity index (χ1n) is 6.94. The maximum Gasteiger partial charge on any atom is 0.416 e. The van der Waals surface area contributed by atoms with Crippen molar-refractivity contribution in [3.05, 3.63) is 29.3 Å². The molecule has 0 spiro atoms. The fraction of sp³-hybridized carbons (Fsp3) is 0.600. The van der Waals surface area contributed by atoms with Crippen LogP contribution < -0.4 is 10.5 Å². The smallest absolute Gasteiger partial charge is 0.416 e. The van der Waals surface area contributed by atoms with Crippen molar-refractivity contribution in [2.45, 2.75) is 44.3 Å². The van der Waals surface area contributed by atoms with Crippen molar-refractivity contribution in [2.24, 2.45) is 11.7 Å². The van der Waals surface area contributed by atoms with Crippen LogP contribution in [0.3, 0.4) is 0 Å². The van der Waals surface area contributed by atoms with Crippen molar-refractivity contribution in [1.29, 1.82) is 0 Å². The average molecular weight is 324 g/mol. The first-order valence-corrected chi connectivity index (χ1v) is 6.94. The third kappa shape index (κ3) is 4.27. The van der Waals surface area contributed by atoms with Crippen molar-refractivity contribution in [3.63, 3.8) is 0 Å². The predicted octanol–water partition coefficient (Wildman–Crippen LogP) is 4.72. The molecule has 1 fully saturated rings. The van der Waals surface area contributed by atoms with Gasteiger partial charge in [-0.3, -0.25) is 0 Å².